The smallest absolute Gasteiger partial charge is 0.130 e. The van der Waals surface area contributed by atoms with Gasteiger partial charge in [-0.15, -0.1) is 0 Å². The second kappa shape index (κ2) is 4.84. The van der Waals surface area contributed by atoms with E-state index in [-0.39, 0.29) is 0 Å². The molecule has 1 heterocycles. The van der Waals surface area contributed by atoms with Crippen molar-refractivity contribution >= 4 is 0 Å². The fourth-order valence-electron chi connectivity index (χ4n) is 1.62. The van der Waals surface area contributed by atoms with Crippen molar-refractivity contribution in [1.29, 1.82) is 0 Å². The van der Waals surface area contributed by atoms with Crippen LogP contribution in [0.3, 0.4) is 0 Å². The Kier molecular flexibility index (Phi) is 3.25. The highest BCUT2D eigenvalue weighted by Gasteiger charge is 2.02. The third kappa shape index (κ3) is 2.24. The first-order valence-electron chi connectivity index (χ1n) is 5.48. The summed E-state index contributed by atoms with van der Waals surface area (Å²) in [6, 6.07) is 8.03. The van der Waals surface area contributed by atoms with Gasteiger partial charge in [-0.05, 0) is 25.5 Å². The average molecular weight is 216 g/mol. The number of benzene rings is 1. The standard InChI is InChI=1S/C13H16N2O/c1-3-15-10-14-8-12(15)9-16-13-7-5-4-6-11(13)2/h4-8,10H,3,9H2,1-2H3. The summed E-state index contributed by atoms with van der Waals surface area (Å²) in [6.45, 7) is 5.64. The van der Waals surface area contributed by atoms with E-state index in [1.807, 2.05) is 43.7 Å². The fourth-order valence-corrected chi connectivity index (χ4v) is 1.62. The van der Waals surface area contributed by atoms with E-state index in [0.29, 0.717) is 6.61 Å². The number of hydrogen-bond acceptors (Lipinski definition) is 2. The monoisotopic (exact) mass is 216 g/mol. The number of aryl methyl sites for hydroxylation is 2. The highest BCUT2D eigenvalue weighted by molar-refractivity contribution is 5.31. The predicted molar refractivity (Wildman–Crippen MR) is 63.4 cm³/mol. The molecule has 0 bridgehead atoms. The molecule has 0 radical (unpaired) electrons. The molecule has 0 spiro atoms. The predicted octanol–water partition coefficient (Wildman–Crippen LogP) is 2.79. The number of rotatable bonds is 4. The number of para-hydroxylation sites is 1. The number of imidazole rings is 1. The van der Waals surface area contributed by atoms with E-state index in [9.17, 15) is 0 Å². The van der Waals surface area contributed by atoms with Crippen molar-refractivity contribution in [2.24, 2.45) is 0 Å². The second-order valence-electron chi connectivity index (χ2n) is 3.73. The van der Waals surface area contributed by atoms with Crippen LogP contribution in [0.15, 0.2) is 36.8 Å². The first-order valence-corrected chi connectivity index (χ1v) is 5.48. The number of nitrogens with zero attached hydrogens (tertiary/aromatic N) is 2. The minimum atomic E-state index is 0.568. The topological polar surface area (TPSA) is 27.1 Å². The zero-order valence-corrected chi connectivity index (χ0v) is 9.68. The van der Waals surface area contributed by atoms with E-state index in [0.717, 1.165) is 23.6 Å². The van der Waals surface area contributed by atoms with Gasteiger partial charge in [-0.25, -0.2) is 4.98 Å². The van der Waals surface area contributed by atoms with Crippen molar-refractivity contribution < 1.29 is 4.74 Å². The van der Waals surface area contributed by atoms with Crippen LogP contribution in [0.1, 0.15) is 18.2 Å². The average Bonchev–Trinajstić information content (AvgIpc) is 2.75. The molecule has 3 heteroatoms. The van der Waals surface area contributed by atoms with Gasteiger partial charge < -0.3 is 9.30 Å². The van der Waals surface area contributed by atoms with Crippen LogP contribution in [-0.4, -0.2) is 9.55 Å². The Bertz CT molecular complexity index is 462. The van der Waals surface area contributed by atoms with E-state index in [1.54, 1.807) is 0 Å². The molecule has 0 aliphatic carbocycles. The number of hydrogen-bond donors (Lipinski definition) is 0. The molecular formula is C13H16N2O. The van der Waals surface area contributed by atoms with Crippen LogP contribution in [0.5, 0.6) is 5.75 Å². The highest BCUT2D eigenvalue weighted by Crippen LogP contribution is 2.17. The van der Waals surface area contributed by atoms with Crippen LogP contribution < -0.4 is 4.74 Å². The summed E-state index contributed by atoms with van der Waals surface area (Å²) in [4.78, 5) is 4.11. The number of aromatic nitrogens is 2. The van der Waals surface area contributed by atoms with Gasteiger partial charge in [0, 0.05) is 6.54 Å². The minimum Gasteiger partial charge on any atom is -0.487 e. The van der Waals surface area contributed by atoms with Gasteiger partial charge in [0.25, 0.3) is 0 Å². The first-order chi connectivity index (χ1) is 7.81. The molecule has 2 rings (SSSR count). The normalized spacial score (nSPS) is 10.4. The molecule has 0 N–H and O–H groups in total. The van der Waals surface area contributed by atoms with Crippen molar-refractivity contribution in [3.63, 3.8) is 0 Å². The van der Waals surface area contributed by atoms with Gasteiger partial charge >= 0.3 is 0 Å². The highest BCUT2D eigenvalue weighted by atomic mass is 16.5. The molecule has 1 aromatic heterocycles. The molecule has 0 fully saturated rings. The summed E-state index contributed by atoms with van der Waals surface area (Å²) in [5.41, 5.74) is 2.26. The minimum absolute atomic E-state index is 0.568. The molecule has 3 nitrogen and oxygen atoms in total. The Morgan fingerprint density at radius 2 is 2.12 bits per heavy atom. The summed E-state index contributed by atoms with van der Waals surface area (Å²) in [6.07, 6.45) is 3.68. The zero-order chi connectivity index (χ0) is 11.4. The lowest BCUT2D eigenvalue weighted by Crippen LogP contribution is -2.04. The Hall–Kier alpha value is -1.77. The summed E-state index contributed by atoms with van der Waals surface area (Å²) in [7, 11) is 0. The van der Waals surface area contributed by atoms with Crippen LogP contribution in [0.2, 0.25) is 0 Å². The van der Waals surface area contributed by atoms with Gasteiger partial charge in [-0.1, -0.05) is 18.2 Å². The molecule has 1 aromatic carbocycles. The van der Waals surface area contributed by atoms with Gasteiger partial charge in [0.2, 0.25) is 0 Å². The molecule has 0 saturated heterocycles. The SMILES string of the molecule is CCn1cncc1COc1ccccc1C. The lowest BCUT2D eigenvalue weighted by Gasteiger charge is -2.09. The third-order valence-electron chi connectivity index (χ3n) is 2.61. The largest absolute Gasteiger partial charge is 0.487 e. The van der Waals surface area contributed by atoms with Crippen molar-refractivity contribution in [2.75, 3.05) is 0 Å². The van der Waals surface area contributed by atoms with E-state index in [4.69, 9.17) is 4.74 Å². The van der Waals surface area contributed by atoms with Crippen molar-refractivity contribution in [1.82, 2.24) is 9.55 Å². The van der Waals surface area contributed by atoms with Crippen LogP contribution >= 0.6 is 0 Å². The Morgan fingerprint density at radius 3 is 2.88 bits per heavy atom. The van der Waals surface area contributed by atoms with Crippen LogP contribution in [0.4, 0.5) is 0 Å². The molecule has 2 aromatic rings. The summed E-state index contributed by atoms with van der Waals surface area (Å²) in [5, 5.41) is 0. The second-order valence-corrected chi connectivity index (χ2v) is 3.73. The molecular weight excluding hydrogens is 200 g/mol. The van der Waals surface area contributed by atoms with Crippen molar-refractivity contribution in [3.05, 3.63) is 48.0 Å². The molecule has 84 valence electrons. The fraction of sp³-hybridized carbons (Fsp3) is 0.308. The van der Waals surface area contributed by atoms with Gasteiger partial charge in [0.15, 0.2) is 0 Å². The maximum atomic E-state index is 5.76. The quantitative estimate of drug-likeness (QED) is 0.785. The Labute approximate surface area is 95.7 Å². The molecule has 0 saturated carbocycles. The maximum absolute atomic E-state index is 5.76. The maximum Gasteiger partial charge on any atom is 0.130 e. The first kappa shape index (κ1) is 10.7. The van der Waals surface area contributed by atoms with Gasteiger partial charge in [-0.3, -0.25) is 0 Å². The van der Waals surface area contributed by atoms with Crippen LogP contribution in [-0.2, 0) is 13.2 Å². The van der Waals surface area contributed by atoms with Crippen LogP contribution in [0.25, 0.3) is 0 Å². The van der Waals surface area contributed by atoms with E-state index in [1.165, 1.54) is 0 Å². The molecule has 0 atom stereocenters. The van der Waals surface area contributed by atoms with Crippen molar-refractivity contribution in [2.45, 2.75) is 27.0 Å². The van der Waals surface area contributed by atoms with E-state index >= 15 is 0 Å². The summed E-state index contributed by atoms with van der Waals surface area (Å²) < 4.78 is 7.84. The van der Waals surface area contributed by atoms with Gasteiger partial charge in [0.1, 0.15) is 12.4 Å². The lowest BCUT2D eigenvalue weighted by atomic mass is 10.2. The zero-order valence-electron chi connectivity index (χ0n) is 9.68. The van der Waals surface area contributed by atoms with Gasteiger partial charge in [-0.2, -0.15) is 0 Å². The third-order valence-corrected chi connectivity index (χ3v) is 2.61. The molecule has 16 heavy (non-hydrogen) atoms. The van der Waals surface area contributed by atoms with Crippen LogP contribution in [0, 0.1) is 6.92 Å². The summed E-state index contributed by atoms with van der Waals surface area (Å²) in [5.74, 6) is 0.936. The Morgan fingerprint density at radius 1 is 1.31 bits per heavy atom. The lowest BCUT2D eigenvalue weighted by molar-refractivity contribution is 0.293. The van der Waals surface area contributed by atoms with E-state index in [2.05, 4.69) is 16.5 Å². The van der Waals surface area contributed by atoms with Crippen molar-refractivity contribution in [3.8, 4) is 5.75 Å². The van der Waals surface area contributed by atoms with E-state index < -0.39 is 0 Å². The Balaban J connectivity index is 2.05. The molecule has 0 aliphatic rings. The molecule has 0 unspecified atom stereocenters. The summed E-state index contributed by atoms with van der Waals surface area (Å²) >= 11 is 0. The molecule has 0 amide bonds. The van der Waals surface area contributed by atoms with Gasteiger partial charge in [0.05, 0.1) is 18.2 Å². The number of ether oxygens (including phenoxy) is 1. The molecule has 0 aliphatic heterocycles.